The second-order valence-corrected chi connectivity index (χ2v) is 11.4. The summed E-state index contributed by atoms with van der Waals surface area (Å²) in [5.74, 6) is 0. The van der Waals surface area contributed by atoms with E-state index in [1.807, 2.05) is 0 Å². The number of hydrogen-bond acceptors (Lipinski definition) is 7. The summed E-state index contributed by atoms with van der Waals surface area (Å²) in [5.41, 5.74) is 0. The van der Waals surface area contributed by atoms with Gasteiger partial charge in [0.1, 0.15) is 6.66 Å². The molecule has 0 fully saturated rings. The second-order valence-electron chi connectivity index (χ2n) is 5.29. The summed E-state index contributed by atoms with van der Waals surface area (Å²) in [6.45, 7) is -8.43. The van der Waals surface area contributed by atoms with Gasteiger partial charge in [-0.2, -0.15) is 52.7 Å². The molecule has 0 N–H and O–H groups in total. The third kappa shape index (κ3) is 11.8. The monoisotopic (exact) mass is 546 g/mol. The van der Waals surface area contributed by atoms with Crippen LogP contribution in [-0.4, -0.2) is 57.8 Å². The van der Waals surface area contributed by atoms with Crippen molar-refractivity contribution in [3.63, 3.8) is 0 Å². The number of alkyl halides is 12. The van der Waals surface area contributed by atoms with E-state index in [4.69, 9.17) is 0 Å². The Morgan fingerprint density at radius 1 is 0.581 bits per heavy atom. The Balaban J connectivity index is 3.52. The van der Waals surface area contributed by atoms with Crippen LogP contribution in [0.4, 0.5) is 52.7 Å². The van der Waals surface area contributed by atoms with Crippen LogP contribution in [0.25, 0.3) is 0 Å². The van der Waals surface area contributed by atoms with Gasteiger partial charge in [-0.1, -0.05) is 0 Å². The molecule has 0 saturated carbocycles. The molecule has 0 aromatic heterocycles. The van der Waals surface area contributed by atoms with Crippen molar-refractivity contribution in [2.45, 2.75) is 24.7 Å². The Morgan fingerprint density at radius 3 is 1.16 bits per heavy atom. The van der Waals surface area contributed by atoms with E-state index in [1.165, 1.54) is 0 Å². The van der Waals surface area contributed by atoms with Crippen LogP contribution in [0.3, 0.4) is 0 Å². The molecule has 184 valence electrons. The van der Waals surface area contributed by atoms with Gasteiger partial charge in [0.05, 0.1) is 0 Å². The maximum atomic E-state index is 12.5. The number of halogens is 12. The fourth-order valence-electron chi connectivity index (χ4n) is 1.43. The van der Waals surface area contributed by atoms with E-state index in [0.717, 1.165) is 6.66 Å². The van der Waals surface area contributed by atoms with Crippen LogP contribution in [0.1, 0.15) is 0 Å². The molecule has 1 aliphatic rings. The molecule has 0 saturated heterocycles. The first kappa shape index (κ1) is 28.6. The zero-order valence-electron chi connectivity index (χ0n) is 14.7. The number of nitrogens with zero attached hydrogens (tertiary/aromatic N) is 3. The first-order valence-corrected chi connectivity index (χ1v) is 12.0. The summed E-state index contributed by atoms with van der Waals surface area (Å²) in [5, 5.41) is 0. The summed E-state index contributed by atoms with van der Waals surface area (Å²) in [7, 11) is -12.8. The minimum absolute atomic E-state index is 0.870. The predicted molar refractivity (Wildman–Crippen MR) is 82.0 cm³/mol. The van der Waals surface area contributed by atoms with Gasteiger partial charge in [0.2, 0.25) is 0 Å². The van der Waals surface area contributed by atoms with Crippen LogP contribution in [0.15, 0.2) is 13.5 Å². The van der Waals surface area contributed by atoms with E-state index in [9.17, 15) is 52.7 Å². The molecule has 0 aliphatic carbocycles. The average molecular weight is 546 g/mol. The van der Waals surface area contributed by atoms with E-state index in [0.29, 0.717) is 0 Å². The van der Waals surface area contributed by atoms with Crippen LogP contribution in [-0.2, 0) is 18.1 Å². The van der Waals surface area contributed by atoms with E-state index in [2.05, 4.69) is 31.6 Å². The molecule has 1 aliphatic heterocycles. The number of hydrogen-bond donors (Lipinski definition) is 0. The molecule has 1 unspecified atom stereocenters. The minimum atomic E-state index is -5.19. The quantitative estimate of drug-likeness (QED) is 0.235. The molecule has 0 bridgehead atoms. The van der Waals surface area contributed by atoms with Gasteiger partial charge < -0.3 is 0 Å². The maximum absolute atomic E-state index is 12.5. The van der Waals surface area contributed by atoms with Crippen LogP contribution in [0.2, 0.25) is 0 Å². The summed E-state index contributed by atoms with van der Waals surface area (Å²) in [4.78, 5) is 0. The molecule has 0 radical (unpaired) electrons. The lowest BCUT2D eigenvalue weighted by Gasteiger charge is -2.25. The third-order valence-corrected chi connectivity index (χ3v) is 9.85. The van der Waals surface area contributed by atoms with E-state index in [-0.39, 0.29) is 0 Å². The fourth-order valence-corrected chi connectivity index (χ4v) is 9.65. The van der Waals surface area contributed by atoms with Gasteiger partial charge in [-0.25, -0.2) is 0 Å². The lowest BCUT2D eigenvalue weighted by Crippen LogP contribution is -2.21. The molecule has 1 heterocycles. The fraction of sp³-hybridized carbons (Fsp3) is 1.00. The summed E-state index contributed by atoms with van der Waals surface area (Å²) >= 11 is 0. The predicted octanol–water partition coefficient (Wildman–Crippen LogP) is 7.42. The third-order valence-electron chi connectivity index (χ3n) is 2.30. The van der Waals surface area contributed by atoms with E-state index < -0.39 is 74.3 Å². The van der Waals surface area contributed by atoms with Crippen LogP contribution in [0.5, 0.6) is 0 Å². The van der Waals surface area contributed by atoms with E-state index in [1.54, 1.807) is 0 Å². The first-order chi connectivity index (χ1) is 13.6. The van der Waals surface area contributed by atoms with Crippen LogP contribution in [0, 0.1) is 0 Å². The molecule has 31 heavy (non-hydrogen) atoms. The van der Waals surface area contributed by atoms with Gasteiger partial charge in [-0.15, -0.1) is 4.52 Å². The smallest absolute Gasteiger partial charge is 0.295 e. The Labute approximate surface area is 166 Å². The first-order valence-electron chi connectivity index (χ1n) is 7.21. The largest absolute Gasteiger partial charge is 0.412 e. The SMILES string of the molecule is C[P+]1=NP(OCC(F)(F)F)(OCC(F)(F)F)=NP(OCC(F)(F)F)(OCC(F)(F)F)=N1. The zero-order valence-corrected chi connectivity index (χ0v) is 17.4. The molecular weight excluding hydrogens is 535 g/mol. The second kappa shape index (κ2) is 9.82. The van der Waals surface area contributed by atoms with Crippen molar-refractivity contribution in [1.82, 2.24) is 0 Å². The van der Waals surface area contributed by atoms with Gasteiger partial charge in [-0.3, -0.25) is 18.1 Å². The molecular formula is C9H11F12N3O4P3+. The Hall–Kier alpha value is -0.440. The van der Waals surface area contributed by atoms with Gasteiger partial charge in [0, 0.05) is 9.03 Å². The topological polar surface area (TPSA) is 74.0 Å². The summed E-state index contributed by atoms with van der Waals surface area (Å²) < 4.78 is 177. The molecule has 0 aromatic carbocycles. The highest BCUT2D eigenvalue weighted by molar-refractivity contribution is 7.75. The highest BCUT2D eigenvalue weighted by Gasteiger charge is 2.48. The zero-order chi connectivity index (χ0) is 24.4. The Bertz CT molecular complexity index is 689. The molecule has 22 heteroatoms. The van der Waals surface area contributed by atoms with Crippen molar-refractivity contribution in [1.29, 1.82) is 0 Å². The van der Waals surface area contributed by atoms with E-state index >= 15 is 0 Å². The molecule has 0 amide bonds. The van der Waals surface area contributed by atoms with Gasteiger partial charge in [0.15, 0.2) is 26.4 Å². The lowest BCUT2D eigenvalue weighted by molar-refractivity contribution is -0.163. The van der Waals surface area contributed by atoms with Crippen molar-refractivity contribution in [2.24, 2.45) is 13.5 Å². The Kier molecular flexibility index (Phi) is 9.05. The minimum Gasteiger partial charge on any atom is -0.295 e. The molecule has 1 atom stereocenters. The maximum Gasteiger partial charge on any atom is 0.412 e. The van der Waals surface area contributed by atoms with Crippen molar-refractivity contribution in [2.75, 3.05) is 33.1 Å². The highest BCUT2D eigenvalue weighted by atomic mass is 31.3. The van der Waals surface area contributed by atoms with Crippen molar-refractivity contribution < 1.29 is 70.8 Å². The number of rotatable bonds is 8. The van der Waals surface area contributed by atoms with Crippen LogP contribution >= 0.6 is 23.2 Å². The average Bonchev–Trinajstić information content (AvgIpc) is 2.52. The highest BCUT2D eigenvalue weighted by Crippen LogP contribution is 2.74. The normalized spacial score (nSPS) is 20.6. The van der Waals surface area contributed by atoms with Gasteiger partial charge in [0.25, 0.3) is 0 Å². The van der Waals surface area contributed by atoms with Gasteiger partial charge in [-0.05, 0) is 0 Å². The molecule has 7 nitrogen and oxygen atoms in total. The lowest BCUT2D eigenvalue weighted by atomic mass is 10.7. The molecule has 0 spiro atoms. The van der Waals surface area contributed by atoms with Gasteiger partial charge >= 0.3 is 47.9 Å². The van der Waals surface area contributed by atoms with Crippen molar-refractivity contribution in [3.8, 4) is 0 Å². The van der Waals surface area contributed by atoms with Crippen molar-refractivity contribution in [3.05, 3.63) is 0 Å². The molecule has 1 rings (SSSR count). The molecule has 0 aromatic rings. The van der Waals surface area contributed by atoms with Crippen LogP contribution < -0.4 is 0 Å². The standard InChI is InChI=1S/C9H11F12N3O4P3/c1-29-22-30(25-2-6(10,11)12,26-3-7(13,14)15)24-31(23-29,27-4-8(16,17)18)28-5-9(19,20)21/h2-5H2,1H3/q+1. The van der Waals surface area contributed by atoms with Crippen molar-refractivity contribution >= 4 is 23.2 Å². The summed E-state index contributed by atoms with van der Waals surface area (Å²) in [6, 6.07) is 0. The summed E-state index contributed by atoms with van der Waals surface area (Å²) in [6.07, 6.45) is -20.8. The Morgan fingerprint density at radius 2 is 0.871 bits per heavy atom.